The standard InChI is InChI=1S/C9H8BrNO/c1-2-3-6-11-7-8(10)4-5-9(11)12/h4-5,7H,6H2,1H3. The number of rotatable bonds is 1. The van der Waals surface area contributed by atoms with Crippen LogP contribution >= 0.6 is 15.9 Å². The van der Waals surface area contributed by atoms with Crippen LogP contribution in [0.25, 0.3) is 0 Å². The molecule has 3 heteroatoms. The fraction of sp³-hybridized carbons (Fsp3) is 0.222. The number of hydrogen-bond acceptors (Lipinski definition) is 1. The van der Waals surface area contributed by atoms with E-state index >= 15 is 0 Å². The van der Waals surface area contributed by atoms with Gasteiger partial charge in [0, 0.05) is 16.7 Å². The highest BCUT2D eigenvalue weighted by Gasteiger charge is 1.92. The summed E-state index contributed by atoms with van der Waals surface area (Å²) in [6.07, 6.45) is 1.73. The Morgan fingerprint density at radius 3 is 3.00 bits per heavy atom. The number of pyridine rings is 1. The molecule has 0 radical (unpaired) electrons. The molecule has 0 saturated heterocycles. The van der Waals surface area contributed by atoms with Gasteiger partial charge in [0.05, 0.1) is 6.54 Å². The van der Waals surface area contributed by atoms with Gasteiger partial charge in [0.15, 0.2) is 0 Å². The first kappa shape index (κ1) is 9.08. The molecule has 1 heterocycles. The summed E-state index contributed by atoms with van der Waals surface area (Å²) in [6.45, 7) is 2.21. The van der Waals surface area contributed by atoms with E-state index in [1.807, 2.05) is 0 Å². The molecule has 62 valence electrons. The summed E-state index contributed by atoms with van der Waals surface area (Å²) in [6, 6.07) is 3.24. The van der Waals surface area contributed by atoms with Gasteiger partial charge in [0.1, 0.15) is 0 Å². The van der Waals surface area contributed by atoms with E-state index in [1.165, 1.54) is 6.07 Å². The largest absolute Gasteiger partial charge is 0.303 e. The van der Waals surface area contributed by atoms with Crippen LogP contribution < -0.4 is 5.56 Å². The van der Waals surface area contributed by atoms with Gasteiger partial charge in [-0.1, -0.05) is 5.92 Å². The molecule has 1 aromatic heterocycles. The molecule has 0 amide bonds. The molecular weight excluding hydrogens is 218 g/mol. The first-order valence-corrected chi connectivity index (χ1v) is 4.29. The molecule has 0 fully saturated rings. The van der Waals surface area contributed by atoms with Crippen molar-refractivity contribution >= 4 is 15.9 Å². The number of halogens is 1. The molecule has 1 aromatic rings. The third-order valence-electron chi connectivity index (χ3n) is 1.37. The van der Waals surface area contributed by atoms with Gasteiger partial charge in [-0.05, 0) is 28.9 Å². The Labute approximate surface area is 79.3 Å². The van der Waals surface area contributed by atoms with E-state index in [1.54, 1.807) is 23.8 Å². The molecule has 0 aromatic carbocycles. The second-order valence-corrected chi connectivity index (χ2v) is 3.16. The second kappa shape index (κ2) is 4.13. The maximum Gasteiger partial charge on any atom is 0.251 e. The minimum atomic E-state index is -0.0269. The van der Waals surface area contributed by atoms with Crippen molar-refractivity contribution in [3.05, 3.63) is 33.2 Å². The van der Waals surface area contributed by atoms with Crippen molar-refractivity contribution < 1.29 is 0 Å². The van der Waals surface area contributed by atoms with Gasteiger partial charge in [-0.2, -0.15) is 0 Å². The van der Waals surface area contributed by atoms with Crippen molar-refractivity contribution in [1.29, 1.82) is 0 Å². The third kappa shape index (κ3) is 2.24. The van der Waals surface area contributed by atoms with Crippen LogP contribution in [0.15, 0.2) is 27.6 Å². The minimum Gasteiger partial charge on any atom is -0.303 e. The summed E-state index contributed by atoms with van der Waals surface area (Å²) in [5.41, 5.74) is -0.0269. The zero-order valence-electron chi connectivity index (χ0n) is 6.67. The molecule has 0 saturated carbocycles. The summed E-state index contributed by atoms with van der Waals surface area (Å²) < 4.78 is 2.45. The van der Waals surface area contributed by atoms with E-state index in [-0.39, 0.29) is 5.56 Å². The quantitative estimate of drug-likeness (QED) is 0.667. The Kier molecular flexibility index (Phi) is 3.12. The molecule has 0 N–H and O–H groups in total. The Morgan fingerprint density at radius 1 is 1.58 bits per heavy atom. The number of aromatic nitrogens is 1. The van der Waals surface area contributed by atoms with E-state index in [2.05, 4.69) is 27.8 Å². The lowest BCUT2D eigenvalue weighted by molar-refractivity contribution is 0.792. The molecule has 0 spiro atoms. The third-order valence-corrected chi connectivity index (χ3v) is 1.84. The van der Waals surface area contributed by atoms with Crippen molar-refractivity contribution in [2.24, 2.45) is 0 Å². The highest BCUT2D eigenvalue weighted by molar-refractivity contribution is 9.10. The topological polar surface area (TPSA) is 22.0 Å². The fourth-order valence-electron chi connectivity index (χ4n) is 0.790. The smallest absolute Gasteiger partial charge is 0.251 e. The predicted octanol–water partition coefficient (Wildman–Crippen LogP) is 1.63. The van der Waals surface area contributed by atoms with E-state index in [4.69, 9.17) is 0 Å². The minimum absolute atomic E-state index is 0.0269. The average Bonchev–Trinajstić information content (AvgIpc) is 2.07. The zero-order chi connectivity index (χ0) is 8.97. The molecule has 12 heavy (non-hydrogen) atoms. The van der Waals surface area contributed by atoms with Crippen molar-refractivity contribution in [3.63, 3.8) is 0 Å². The van der Waals surface area contributed by atoms with Crippen LogP contribution in [-0.2, 0) is 6.54 Å². The van der Waals surface area contributed by atoms with Crippen LogP contribution in [0.5, 0.6) is 0 Å². The van der Waals surface area contributed by atoms with Gasteiger partial charge in [0.25, 0.3) is 5.56 Å². The van der Waals surface area contributed by atoms with Crippen molar-refractivity contribution in [3.8, 4) is 11.8 Å². The normalized spacial score (nSPS) is 8.83. The van der Waals surface area contributed by atoms with Crippen molar-refractivity contribution in [1.82, 2.24) is 4.57 Å². The van der Waals surface area contributed by atoms with Crippen LogP contribution in [0, 0.1) is 11.8 Å². The van der Waals surface area contributed by atoms with Gasteiger partial charge in [0.2, 0.25) is 0 Å². The van der Waals surface area contributed by atoms with E-state index in [9.17, 15) is 4.79 Å². The Balaban J connectivity index is 3.03. The summed E-state index contributed by atoms with van der Waals surface area (Å²) in [5.74, 6) is 5.56. The van der Waals surface area contributed by atoms with Crippen LogP contribution in [0.1, 0.15) is 6.92 Å². The monoisotopic (exact) mass is 225 g/mol. The summed E-state index contributed by atoms with van der Waals surface area (Å²) in [5, 5.41) is 0. The zero-order valence-corrected chi connectivity index (χ0v) is 8.26. The van der Waals surface area contributed by atoms with Crippen LogP contribution in [-0.4, -0.2) is 4.57 Å². The van der Waals surface area contributed by atoms with E-state index in [0.29, 0.717) is 6.54 Å². The van der Waals surface area contributed by atoms with Gasteiger partial charge < -0.3 is 4.57 Å². The van der Waals surface area contributed by atoms with Crippen molar-refractivity contribution in [2.75, 3.05) is 0 Å². The van der Waals surface area contributed by atoms with Crippen LogP contribution in [0.3, 0.4) is 0 Å². The molecule has 0 aliphatic heterocycles. The fourth-order valence-corrected chi connectivity index (χ4v) is 1.17. The van der Waals surface area contributed by atoms with Crippen LogP contribution in [0.2, 0.25) is 0 Å². The first-order valence-electron chi connectivity index (χ1n) is 3.49. The molecule has 1 rings (SSSR count). The van der Waals surface area contributed by atoms with Crippen molar-refractivity contribution in [2.45, 2.75) is 13.5 Å². The summed E-state index contributed by atoms with van der Waals surface area (Å²) in [7, 11) is 0. The van der Waals surface area contributed by atoms with Gasteiger partial charge in [-0.25, -0.2) is 0 Å². The Morgan fingerprint density at radius 2 is 2.33 bits per heavy atom. The maximum atomic E-state index is 11.2. The van der Waals surface area contributed by atoms with E-state index in [0.717, 1.165) is 4.47 Å². The lowest BCUT2D eigenvalue weighted by Gasteiger charge is -1.99. The number of nitrogens with zero attached hydrogens (tertiary/aromatic N) is 1. The molecule has 0 atom stereocenters. The maximum absolute atomic E-state index is 11.2. The number of hydrogen-bond donors (Lipinski definition) is 0. The molecule has 2 nitrogen and oxygen atoms in total. The molecular formula is C9H8BrNO. The summed E-state index contributed by atoms with van der Waals surface area (Å²) in [4.78, 5) is 11.2. The lowest BCUT2D eigenvalue weighted by atomic mass is 10.4. The highest BCUT2D eigenvalue weighted by Crippen LogP contribution is 2.04. The first-order chi connectivity index (χ1) is 5.74. The molecule has 0 unspecified atom stereocenters. The molecule has 0 bridgehead atoms. The lowest BCUT2D eigenvalue weighted by Crippen LogP contribution is -2.17. The van der Waals surface area contributed by atoms with Crippen LogP contribution in [0.4, 0.5) is 0 Å². The summed E-state index contributed by atoms with van der Waals surface area (Å²) >= 11 is 3.28. The van der Waals surface area contributed by atoms with Gasteiger partial charge in [-0.15, -0.1) is 5.92 Å². The Hall–Kier alpha value is -1.01. The second-order valence-electron chi connectivity index (χ2n) is 2.24. The average molecular weight is 226 g/mol. The predicted molar refractivity (Wildman–Crippen MR) is 51.9 cm³/mol. The SMILES string of the molecule is CC#CCn1cc(Br)ccc1=O. The highest BCUT2D eigenvalue weighted by atomic mass is 79.9. The molecule has 0 aliphatic carbocycles. The van der Waals surface area contributed by atoms with Gasteiger partial charge in [-0.3, -0.25) is 4.79 Å². The van der Waals surface area contributed by atoms with E-state index < -0.39 is 0 Å². The van der Waals surface area contributed by atoms with Gasteiger partial charge >= 0.3 is 0 Å². The Bertz CT molecular complexity index is 383. The molecule has 0 aliphatic rings.